The Labute approximate surface area is 97.1 Å². The summed E-state index contributed by atoms with van der Waals surface area (Å²) >= 11 is 0. The maximum Gasteiger partial charge on any atom is 0.0205 e. The SMILES string of the molecule is CCNCc1ccc(-c2c[c]ccc2)cc1. The van der Waals surface area contributed by atoms with Gasteiger partial charge >= 0.3 is 0 Å². The molecule has 16 heavy (non-hydrogen) atoms. The van der Waals surface area contributed by atoms with Crippen molar-refractivity contribution in [1.29, 1.82) is 0 Å². The minimum atomic E-state index is 0.942. The van der Waals surface area contributed by atoms with Crippen molar-refractivity contribution in [1.82, 2.24) is 5.32 Å². The highest BCUT2D eigenvalue weighted by atomic mass is 14.8. The average molecular weight is 210 g/mol. The molecule has 1 N–H and O–H groups in total. The zero-order chi connectivity index (χ0) is 11.2. The Morgan fingerprint density at radius 1 is 1.06 bits per heavy atom. The van der Waals surface area contributed by atoms with Gasteiger partial charge in [-0.2, -0.15) is 0 Å². The lowest BCUT2D eigenvalue weighted by Crippen LogP contribution is -2.11. The lowest BCUT2D eigenvalue weighted by Gasteiger charge is -2.04. The summed E-state index contributed by atoms with van der Waals surface area (Å²) < 4.78 is 0. The number of rotatable bonds is 4. The summed E-state index contributed by atoms with van der Waals surface area (Å²) in [4.78, 5) is 0. The van der Waals surface area contributed by atoms with Crippen molar-refractivity contribution in [3.63, 3.8) is 0 Å². The maximum atomic E-state index is 3.32. The van der Waals surface area contributed by atoms with Crippen LogP contribution in [0.2, 0.25) is 0 Å². The summed E-state index contributed by atoms with van der Waals surface area (Å²) in [5.41, 5.74) is 3.79. The molecule has 0 amide bonds. The van der Waals surface area contributed by atoms with E-state index in [9.17, 15) is 0 Å². The Hall–Kier alpha value is -1.60. The molecule has 0 aromatic heterocycles. The molecule has 1 nitrogen and oxygen atoms in total. The summed E-state index contributed by atoms with van der Waals surface area (Å²) in [7, 11) is 0. The highest BCUT2D eigenvalue weighted by Crippen LogP contribution is 2.18. The van der Waals surface area contributed by atoms with Gasteiger partial charge in [0.15, 0.2) is 0 Å². The molecule has 0 aliphatic rings. The fourth-order valence-corrected chi connectivity index (χ4v) is 1.66. The fraction of sp³-hybridized carbons (Fsp3) is 0.200. The van der Waals surface area contributed by atoms with E-state index in [-0.39, 0.29) is 0 Å². The number of nitrogens with one attached hydrogen (secondary N) is 1. The minimum absolute atomic E-state index is 0.942. The second-order valence-electron chi connectivity index (χ2n) is 3.77. The first-order chi connectivity index (χ1) is 7.90. The molecule has 2 aromatic carbocycles. The number of benzene rings is 2. The second-order valence-corrected chi connectivity index (χ2v) is 3.77. The van der Waals surface area contributed by atoms with Gasteiger partial charge in [0.1, 0.15) is 0 Å². The molecule has 0 aliphatic heterocycles. The largest absolute Gasteiger partial charge is 0.313 e. The van der Waals surface area contributed by atoms with Gasteiger partial charge in [0.2, 0.25) is 0 Å². The molecule has 0 saturated heterocycles. The summed E-state index contributed by atoms with van der Waals surface area (Å²) in [6.45, 7) is 4.07. The quantitative estimate of drug-likeness (QED) is 0.816. The molecule has 2 rings (SSSR count). The monoisotopic (exact) mass is 210 g/mol. The molecule has 0 aliphatic carbocycles. The van der Waals surface area contributed by atoms with Gasteiger partial charge in [0.25, 0.3) is 0 Å². The van der Waals surface area contributed by atoms with E-state index in [4.69, 9.17) is 0 Å². The maximum absolute atomic E-state index is 3.32. The molecule has 2 aromatic rings. The van der Waals surface area contributed by atoms with E-state index in [2.05, 4.69) is 48.6 Å². The third-order valence-electron chi connectivity index (χ3n) is 2.57. The Morgan fingerprint density at radius 2 is 1.88 bits per heavy atom. The first-order valence-electron chi connectivity index (χ1n) is 5.66. The average Bonchev–Trinajstić information content (AvgIpc) is 2.38. The molecule has 0 unspecified atom stereocenters. The standard InChI is InChI=1S/C15H16N/c1-2-16-12-13-8-10-15(11-9-13)14-6-4-3-5-7-14/h3-4,6-11,16H,2,12H2,1H3. The van der Waals surface area contributed by atoms with Gasteiger partial charge < -0.3 is 5.32 Å². The lowest BCUT2D eigenvalue weighted by atomic mass is 10.0. The second kappa shape index (κ2) is 5.47. The summed E-state index contributed by atoms with van der Waals surface area (Å²) in [5.74, 6) is 0. The van der Waals surface area contributed by atoms with Crippen LogP contribution in [0.1, 0.15) is 12.5 Å². The highest BCUT2D eigenvalue weighted by Gasteiger charge is 1.96. The minimum Gasteiger partial charge on any atom is -0.313 e. The van der Waals surface area contributed by atoms with Crippen LogP contribution in [0, 0.1) is 6.07 Å². The van der Waals surface area contributed by atoms with Crippen molar-refractivity contribution in [2.45, 2.75) is 13.5 Å². The molecule has 0 heterocycles. The van der Waals surface area contributed by atoms with E-state index in [1.165, 1.54) is 16.7 Å². The van der Waals surface area contributed by atoms with Crippen molar-refractivity contribution >= 4 is 0 Å². The van der Waals surface area contributed by atoms with Crippen molar-refractivity contribution < 1.29 is 0 Å². The van der Waals surface area contributed by atoms with Gasteiger partial charge in [-0.3, -0.25) is 0 Å². The molecule has 0 spiro atoms. The molecular weight excluding hydrogens is 194 g/mol. The van der Waals surface area contributed by atoms with E-state index >= 15 is 0 Å². The van der Waals surface area contributed by atoms with Crippen LogP contribution >= 0.6 is 0 Å². The van der Waals surface area contributed by atoms with Crippen LogP contribution in [-0.2, 0) is 6.54 Å². The van der Waals surface area contributed by atoms with Crippen LogP contribution in [0.5, 0.6) is 0 Å². The molecule has 81 valence electrons. The molecule has 1 radical (unpaired) electrons. The molecule has 1 heteroatoms. The third-order valence-corrected chi connectivity index (χ3v) is 2.57. The van der Waals surface area contributed by atoms with Crippen LogP contribution in [0.25, 0.3) is 11.1 Å². The van der Waals surface area contributed by atoms with E-state index in [1.807, 2.05) is 18.2 Å². The summed E-state index contributed by atoms with van der Waals surface area (Å²) in [5, 5.41) is 3.32. The predicted octanol–water partition coefficient (Wildman–Crippen LogP) is 3.26. The zero-order valence-corrected chi connectivity index (χ0v) is 9.53. The van der Waals surface area contributed by atoms with E-state index in [0.717, 1.165) is 13.1 Å². The summed E-state index contributed by atoms with van der Waals surface area (Å²) in [6, 6.07) is 19.8. The van der Waals surface area contributed by atoms with Gasteiger partial charge in [-0.1, -0.05) is 49.4 Å². The molecule has 0 saturated carbocycles. The van der Waals surface area contributed by atoms with Crippen LogP contribution in [-0.4, -0.2) is 6.54 Å². The van der Waals surface area contributed by atoms with Crippen LogP contribution < -0.4 is 5.32 Å². The number of hydrogen-bond donors (Lipinski definition) is 1. The Balaban J connectivity index is 2.13. The van der Waals surface area contributed by atoms with E-state index < -0.39 is 0 Å². The van der Waals surface area contributed by atoms with Gasteiger partial charge in [-0.25, -0.2) is 0 Å². The van der Waals surface area contributed by atoms with Crippen LogP contribution in [0.4, 0.5) is 0 Å². The van der Waals surface area contributed by atoms with Crippen LogP contribution in [0.3, 0.4) is 0 Å². The highest BCUT2D eigenvalue weighted by molar-refractivity contribution is 5.63. The first kappa shape index (κ1) is 10.9. The van der Waals surface area contributed by atoms with E-state index in [1.54, 1.807) is 0 Å². The van der Waals surface area contributed by atoms with Gasteiger partial charge in [-0.05, 0) is 35.4 Å². The van der Waals surface area contributed by atoms with Crippen molar-refractivity contribution in [2.24, 2.45) is 0 Å². The topological polar surface area (TPSA) is 12.0 Å². The first-order valence-corrected chi connectivity index (χ1v) is 5.66. The Morgan fingerprint density at radius 3 is 2.50 bits per heavy atom. The van der Waals surface area contributed by atoms with Crippen molar-refractivity contribution in [3.8, 4) is 11.1 Å². The smallest absolute Gasteiger partial charge is 0.0205 e. The van der Waals surface area contributed by atoms with Crippen molar-refractivity contribution in [2.75, 3.05) is 6.54 Å². The van der Waals surface area contributed by atoms with Gasteiger partial charge in [-0.15, -0.1) is 0 Å². The number of hydrogen-bond acceptors (Lipinski definition) is 1. The zero-order valence-electron chi connectivity index (χ0n) is 9.53. The fourth-order valence-electron chi connectivity index (χ4n) is 1.66. The molecular formula is C15H16N. The summed E-state index contributed by atoms with van der Waals surface area (Å²) in [6.07, 6.45) is 0. The molecule has 0 fully saturated rings. The Kier molecular flexibility index (Phi) is 3.73. The van der Waals surface area contributed by atoms with Crippen molar-refractivity contribution in [3.05, 3.63) is 60.2 Å². The molecule has 0 bridgehead atoms. The van der Waals surface area contributed by atoms with Gasteiger partial charge in [0.05, 0.1) is 0 Å². The van der Waals surface area contributed by atoms with Gasteiger partial charge in [0, 0.05) is 6.54 Å². The third kappa shape index (κ3) is 2.71. The van der Waals surface area contributed by atoms with Crippen LogP contribution in [0.15, 0.2) is 48.5 Å². The predicted molar refractivity (Wildman–Crippen MR) is 68.1 cm³/mol. The normalized spacial score (nSPS) is 10.3. The Bertz CT molecular complexity index is 417. The van der Waals surface area contributed by atoms with E-state index in [0.29, 0.717) is 0 Å². The molecule has 0 atom stereocenters. The lowest BCUT2D eigenvalue weighted by molar-refractivity contribution is 0.727.